The molecular weight excluding hydrogens is 713 g/mol. The summed E-state index contributed by atoms with van der Waals surface area (Å²) in [6.45, 7) is 14.9. The molecule has 0 aliphatic heterocycles. The van der Waals surface area contributed by atoms with Crippen molar-refractivity contribution in [2.24, 2.45) is 11.3 Å². The van der Waals surface area contributed by atoms with Crippen LogP contribution in [0.2, 0.25) is 16.3 Å². The van der Waals surface area contributed by atoms with E-state index in [9.17, 15) is 0 Å². The van der Waals surface area contributed by atoms with Crippen molar-refractivity contribution in [3.05, 3.63) is 58.7 Å². The molecule has 0 aromatic carbocycles. The Kier molecular flexibility index (Phi) is 6.26. The SMILES string of the molecule is CC1=C2C(=CC=CC(=[Si](C)C)C2C)[C](C2=CC=CC2)([Hf]([I])[I])C1(C)C. The molecule has 0 aromatic heterocycles. The first-order chi connectivity index (χ1) is 11.7. The first kappa shape index (κ1) is 20.8. The van der Waals surface area contributed by atoms with Gasteiger partial charge in [0.2, 0.25) is 0 Å². The molecule has 0 N–H and O–H groups in total. The van der Waals surface area contributed by atoms with Gasteiger partial charge in [-0.3, -0.25) is 0 Å². The zero-order valence-corrected chi connectivity index (χ0v) is 24.9. The first-order valence-corrected chi connectivity index (χ1v) is 33.7. The summed E-state index contributed by atoms with van der Waals surface area (Å²) < 4.78 is 0.296. The predicted octanol–water partition coefficient (Wildman–Crippen LogP) is 7.35. The van der Waals surface area contributed by atoms with Gasteiger partial charge in [0, 0.05) is 0 Å². The van der Waals surface area contributed by atoms with Crippen LogP contribution in [0, 0.1) is 11.3 Å². The standard InChI is InChI=1S/C21H27Si.Hf.2HI/c1-14-18(22(5)6)13-9-12-17-19(14)15(2)21(3,4)20(17)16-10-7-8-11-16;;;/h7-10,12-14H,11H2,1-6H3;;2*1H/q;+2;;/p-2. The Labute approximate surface area is 181 Å². The minimum absolute atomic E-state index is 0.232. The van der Waals surface area contributed by atoms with E-state index in [1.54, 1.807) is 27.5 Å². The van der Waals surface area contributed by atoms with Crippen LogP contribution < -0.4 is 0 Å². The van der Waals surface area contributed by atoms with Gasteiger partial charge in [-0.15, -0.1) is 0 Å². The van der Waals surface area contributed by atoms with Gasteiger partial charge >= 0.3 is 183 Å². The van der Waals surface area contributed by atoms with Gasteiger partial charge in [-0.25, -0.2) is 0 Å². The Hall–Kier alpha value is 1.12. The molecule has 3 aliphatic carbocycles. The minimum atomic E-state index is -1.92. The zero-order valence-electron chi connectivity index (χ0n) is 16.0. The molecule has 0 aromatic rings. The Morgan fingerprint density at radius 1 is 1.16 bits per heavy atom. The van der Waals surface area contributed by atoms with E-state index in [0.717, 1.165) is 6.42 Å². The second-order valence-electron chi connectivity index (χ2n) is 8.11. The normalized spacial score (nSPS) is 30.2. The monoisotopic (exact) mass is 741 g/mol. The van der Waals surface area contributed by atoms with E-state index >= 15 is 0 Å². The zero-order chi connectivity index (χ0) is 18.6. The summed E-state index contributed by atoms with van der Waals surface area (Å²) in [5, 5.41) is 1.68. The van der Waals surface area contributed by atoms with Crippen LogP contribution in [-0.4, -0.2) is 13.6 Å². The topological polar surface area (TPSA) is 0 Å². The summed E-state index contributed by atoms with van der Waals surface area (Å²) >= 11 is 3.86. The van der Waals surface area contributed by atoms with E-state index in [2.05, 4.69) is 114 Å². The molecule has 0 saturated heterocycles. The molecule has 0 radical (unpaired) electrons. The first-order valence-electron chi connectivity index (χ1n) is 8.99. The quantitative estimate of drug-likeness (QED) is 0.206. The fraction of sp³-hybridized carbons (Fsp3) is 0.476. The molecule has 2 unspecified atom stereocenters. The molecule has 3 aliphatic rings. The number of hydrogen-bond acceptors (Lipinski definition) is 0. The Bertz CT molecular complexity index is 789. The van der Waals surface area contributed by atoms with Crippen molar-refractivity contribution >= 4 is 49.9 Å². The summed E-state index contributed by atoms with van der Waals surface area (Å²) in [6.07, 6.45) is 15.6. The van der Waals surface area contributed by atoms with E-state index < -0.39 is 21.5 Å². The summed E-state index contributed by atoms with van der Waals surface area (Å²) in [4.78, 5) is 0. The Morgan fingerprint density at radius 2 is 1.84 bits per heavy atom. The van der Waals surface area contributed by atoms with Gasteiger partial charge in [0.15, 0.2) is 0 Å². The number of rotatable bonds is 2. The van der Waals surface area contributed by atoms with Gasteiger partial charge in [0.25, 0.3) is 0 Å². The third kappa shape index (κ3) is 2.98. The molecule has 0 bridgehead atoms. The van der Waals surface area contributed by atoms with Crippen LogP contribution in [0.3, 0.4) is 0 Å². The fourth-order valence-corrected chi connectivity index (χ4v) is 33.4. The number of fused-ring (bicyclic) bond motifs is 1. The summed E-state index contributed by atoms with van der Waals surface area (Å²) in [5.41, 5.74) is 6.93. The van der Waals surface area contributed by atoms with E-state index in [-0.39, 0.29) is 5.41 Å². The third-order valence-electron chi connectivity index (χ3n) is 6.53. The Balaban J connectivity index is 2.32. The van der Waals surface area contributed by atoms with Crippen molar-refractivity contribution < 1.29 is 13.1 Å². The second kappa shape index (κ2) is 7.51. The average molecular weight is 740 g/mol. The molecule has 0 saturated carbocycles. The molecule has 25 heavy (non-hydrogen) atoms. The van der Waals surface area contributed by atoms with Gasteiger partial charge < -0.3 is 0 Å². The van der Waals surface area contributed by atoms with Crippen LogP contribution in [0.5, 0.6) is 0 Å². The summed E-state index contributed by atoms with van der Waals surface area (Å²) in [5.74, 6) is 0.573. The maximum atomic E-state index is 2.89. The maximum absolute atomic E-state index is 2.89. The van der Waals surface area contributed by atoms with Crippen LogP contribution in [0.1, 0.15) is 34.1 Å². The molecule has 0 fully saturated rings. The fourth-order valence-electron chi connectivity index (χ4n) is 5.04. The molecule has 0 amide bonds. The average Bonchev–Trinajstić information content (AvgIpc) is 3.04. The van der Waals surface area contributed by atoms with Crippen LogP contribution in [0.25, 0.3) is 0 Å². The van der Waals surface area contributed by atoms with Crippen LogP contribution in [0.15, 0.2) is 58.7 Å². The van der Waals surface area contributed by atoms with Crippen LogP contribution in [0.4, 0.5) is 0 Å². The second-order valence-corrected chi connectivity index (χ2v) is 49.8. The van der Waals surface area contributed by atoms with Gasteiger partial charge in [-0.2, -0.15) is 0 Å². The van der Waals surface area contributed by atoms with Gasteiger partial charge in [-0.1, -0.05) is 0 Å². The van der Waals surface area contributed by atoms with Crippen molar-refractivity contribution in [3.63, 3.8) is 0 Å². The van der Waals surface area contributed by atoms with E-state index in [4.69, 9.17) is 0 Å². The molecular formula is C21H27HfI2Si. The molecule has 0 nitrogen and oxygen atoms in total. The van der Waals surface area contributed by atoms with Gasteiger partial charge in [-0.05, 0) is 0 Å². The van der Waals surface area contributed by atoms with Crippen molar-refractivity contribution in [2.75, 3.05) is 0 Å². The Morgan fingerprint density at radius 3 is 2.36 bits per heavy atom. The molecule has 133 valence electrons. The third-order valence-corrected chi connectivity index (χ3v) is 27.9. The summed E-state index contributed by atoms with van der Waals surface area (Å²) in [6, 6.07) is 0. The van der Waals surface area contributed by atoms with Crippen LogP contribution >= 0.6 is 36.3 Å². The van der Waals surface area contributed by atoms with Gasteiger partial charge in [0.05, 0.1) is 0 Å². The van der Waals surface area contributed by atoms with Crippen LogP contribution in [-0.2, 0) is 13.1 Å². The van der Waals surface area contributed by atoms with E-state index in [1.165, 1.54) is 0 Å². The molecule has 0 spiro atoms. The van der Waals surface area contributed by atoms with Crippen molar-refractivity contribution in [3.8, 4) is 0 Å². The predicted molar refractivity (Wildman–Crippen MR) is 128 cm³/mol. The van der Waals surface area contributed by atoms with Crippen molar-refractivity contribution in [1.82, 2.24) is 0 Å². The number of hydrogen-bond donors (Lipinski definition) is 0. The van der Waals surface area contributed by atoms with E-state index in [0.29, 0.717) is 9.09 Å². The summed E-state index contributed by atoms with van der Waals surface area (Å²) in [7, 11) is -0.431. The van der Waals surface area contributed by atoms with Crippen molar-refractivity contribution in [1.29, 1.82) is 0 Å². The molecule has 0 heterocycles. The molecule has 2 atom stereocenters. The van der Waals surface area contributed by atoms with Gasteiger partial charge in [0.1, 0.15) is 0 Å². The number of halogens is 2. The van der Waals surface area contributed by atoms with Crippen molar-refractivity contribution in [2.45, 2.75) is 50.4 Å². The number of allylic oxidation sites excluding steroid dienone is 10. The molecule has 4 heteroatoms. The molecule has 3 rings (SSSR count). The van der Waals surface area contributed by atoms with E-state index in [1.807, 2.05) is 0 Å².